The molecule has 1 aromatic carbocycles. The first-order chi connectivity index (χ1) is 13.1. The van der Waals surface area contributed by atoms with Crippen LogP contribution in [0.15, 0.2) is 60.4 Å². The summed E-state index contributed by atoms with van der Waals surface area (Å²) in [6.45, 7) is 8.91. The van der Waals surface area contributed by atoms with Gasteiger partial charge in [0, 0.05) is 51.2 Å². The normalized spacial score (nSPS) is 14.7. The van der Waals surface area contributed by atoms with Crippen molar-refractivity contribution in [1.82, 2.24) is 9.88 Å². The maximum Gasteiger partial charge on any atom is 0.248 e. The van der Waals surface area contributed by atoms with Gasteiger partial charge in [0.15, 0.2) is 0 Å². The highest BCUT2D eigenvalue weighted by Crippen LogP contribution is 2.26. The van der Waals surface area contributed by atoms with Gasteiger partial charge in [-0.05, 0) is 50.1 Å². The zero-order valence-corrected chi connectivity index (χ0v) is 16.2. The molecule has 1 aliphatic rings. The van der Waals surface area contributed by atoms with Crippen LogP contribution in [0.25, 0.3) is 0 Å². The third-order valence-electron chi connectivity index (χ3n) is 4.76. The number of aromatic nitrogens is 1. The fourth-order valence-electron chi connectivity index (χ4n) is 3.34. The first kappa shape index (κ1) is 19.1. The highest BCUT2D eigenvalue weighted by molar-refractivity contribution is 6.01. The second kappa shape index (κ2) is 9.33. The lowest BCUT2D eigenvalue weighted by Crippen LogP contribution is -2.47. The Labute approximate surface area is 161 Å². The summed E-state index contributed by atoms with van der Waals surface area (Å²) in [6, 6.07) is 12.2. The largest absolute Gasteiger partial charge is 0.367 e. The van der Waals surface area contributed by atoms with Crippen molar-refractivity contribution in [2.45, 2.75) is 20.3 Å². The second-order valence-electron chi connectivity index (χ2n) is 7.16. The molecule has 0 radical (unpaired) electrons. The van der Waals surface area contributed by atoms with Crippen molar-refractivity contribution in [2.75, 3.05) is 42.9 Å². The second-order valence-corrected chi connectivity index (χ2v) is 7.16. The van der Waals surface area contributed by atoms with E-state index in [1.807, 2.05) is 44.4 Å². The van der Waals surface area contributed by atoms with E-state index in [0.29, 0.717) is 0 Å². The summed E-state index contributed by atoms with van der Waals surface area (Å²) in [5.74, 6) is -0.0709. The number of carbonyl (C=O) groups is 1. The van der Waals surface area contributed by atoms with Crippen LogP contribution >= 0.6 is 0 Å². The van der Waals surface area contributed by atoms with Crippen LogP contribution < -0.4 is 10.2 Å². The van der Waals surface area contributed by atoms with Crippen LogP contribution in [-0.4, -0.2) is 48.5 Å². The van der Waals surface area contributed by atoms with Crippen LogP contribution in [0, 0.1) is 0 Å². The summed E-state index contributed by atoms with van der Waals surface area (Å²) >= 11 is 0. The SMILES string of the molecule is CC(C)=CC(=O)Nc1ccccc1N1CCN(CCc2ccncc2)CC1. The van der Waals surface area contributed by atoms with E-state index in [1.165, 1.54) is 5.56 Å². The van der Waals surface area contributed by atoms with Gasteiger partial charge < -0.3 is 10.2 Å². The zero-order chi connectivity index (χ0) is 19.1. The molecule has 0 spiro atoms. The number of rotatable bonds is 6. The number of nitrogens with one attached hydrogen (secondary N) is 1. The van der Waals surface area contributed by atoms with Crippen molar-refractivity contribution in [1.29, 1.82) is 0 Å². The molecule has 0 unspecified atom stereocenters. The molecule has 2 aromatic rings. The van der Waals surface area contributed by atoms with Crippen molar-refractivity contribution in [3.8, 4) is 0 Å². The summed E-state index contributed by atoms with van der Waals surface area (Å²) < 4.78 is 0. The number of benzene rings is 1. The van der Waals surface area contributed by atoms with Gasteiger partial charge >= 0.3 is 0 Å². The van der Waals surface area contributed by atoms with E-state index < -0.39 is 0 Å². The Bertz CT molecular complexity index is 776. The quantitative estimate of drug-likeness (QED) is 0.799. The van der Waals surface area contributed by atoms with E-state index >= 15 is 0 Å². The van der Waals surface area contributed by atoms with E-state index in [-0.39, 0.29) is 5.91 Å². The van der Waals surface area contributed by atoms with Gasteiger partial charge in [-0.3, -0.25) is 14.7 Å². The molecule has 1 aromatic heterocycles. The van der Waals surface area contributed by atoms with Crippen molar-refractivity contribution >= 4 is 17.3 Å². The van der Waals surface area contributed by atoms with Crippen molar-refractivity contribution < 1.29 is 4.79 Å². The minimum Gasteiger partial charge on any atom is -0.367 e. The fourth-order valence-corrected chi connectivity index (χ4v) is 3.34. The van der Waals surface area contributed by atoms with Gasteiger partial charge in [-0.2, -0.15) is 0 Å². The number of pyridine rings is 1. The van der Waals surface area contributed by atoms with E-state index in [1.54, 1.807) is 6.08 Å². The van der Waals surface area contributed by atoms with Gasteiger partial charge in [0.2, 0.25) is 5.91 Å². The van der Waals surface area contributed by atoms with Crippen LogP contribution in [0.5, 0.6) is 0 Å². The lowest BCUT2D eigenvalue weighted by molar-refractivity contribution is -0.111. The summed E-state index contributed by atoms with van der Waals surface area (Å²) in [5.41, 5.74) is 4.31. The Morgan fingerprint density at radius 1 is 1.07 bits per heavy atom. The Hall–Kier alpha value is -2.66. The molecule has 1 amide bonds. The molecular formula is C22H28N4O. The minimum atomic E-state index is -0.0709. The summed E-state index contributed by atoms with van der Waals surface area (Å²) in [4.78, 5) is 21.0. The number of allylic oxidation sites excluding steroid dienone is 1. The first-order valence-electron chi connectivity index (χ1n) is 9.53. The monoisotopic (exact) mass is 364 g/mol. The number of piperazine rings is 1. The number of nitrogens with zero attached hydrogens (tertiary/aromatic N) is 3. The molecule has 0 bridgehead atoms. The molecule has 5 nitrogen and oxygen atoms in total. The third kappa shape index (κ3) is 5.66. The third-order valence-corrected chi connectivity index (χ3v) is 4.76. The van der Waals surface area contributed by atoms with Gasteiger partial charge in [-0.15, -0.1) is 0 Å². The number of hydrogen-bond acceptors (Lipinski definition) is 4. The predicted molar refractivity (Wildman–Crippen MR) is 111 cm³/mol. The highest BCUT2D eigenvalue weighted by atomic mass is 16.1. The average Bonchev–Trinajstić information content (AvgIpc) is 2.67. The smallest absolute Gasteiger partial charge is 0.248 e. The summed E-state index contributed by atoms with van der Waals surface area (Å²) in [5, 5.41) is 3.02. The average molecular weight is 364 g/mol. The fraction of sp³-hybridized carbons (Fsp3) is 0.364. The van der Waals surface area contributed by atoms with Gasteiger partial charge in [-0.1, -0.05) is 17.7 Å². The van der Waals surface area contributed by atoms with Crippen LogP contribution in [0.1, 0.15) is 19.4 Å². The topological polar surface area (TPSA) is 48.5 Å². The number of anilines is 2. The number of para-hydroxylation sites is 2. The van der Waals surface area contributed by atoms with Crippen LogP contribution in [0.3, 0.4) is 0 Å². The lowest BCUT2D eigenvalue weighted by Gasteiger charge is -2.37. The molecule has 5 heteroatoms. The summed E-state index contributed by atoms with van der Waals surface area (Å²) in [7, 11) is 0. The van der Waals surface area contributed by atoms with Gasteiger partial charge in [0.1, 0.15) is 0 Å². The minimum absolute atomic E-state index is 0.0709. The van der Waals surface area contributed by atoms with E-state index in [9.17, 15) is 4.79 Å². The number of amides is 1. The molecule has 0 saturated carbocycles. The zero-order valence-electron chi connectivity index (χ0n) is 16.2. The molecule has 1 fully saturated rings. The van der Waals surface area contributed by atoms with Crippen molar-refractivity contribution in [2.24, 2.45) is 0 Å². The molecule has 1 N–H and O–H groups in total. The van der Waals surface area contributed by atoms with E-state index in [4.69, 9.17) is 0 Å². The van der Waals surface area contributed by atoms with Crippen LogP contribution in [-0.2, 0) is 11.2 Å². The number of carbonyl (C=O) groups excluding carboxylic acids is 1. The van der Waals surface area contributed by atoms with Gasteiger partial charge in [0.05, 0.1) is 11.4 Å². The first-order valence-corrected chi connectivity index (χ1v) is 9.53. The van der Waals surface area contributed by atoms with Crippen molar-refractivity contribution in [3.63, 3.8) is 0 Å². The Morgan fingerprint density at radius 3 is 2.48 bits per heavy atom. The van der Waals surface area contributed by atoms with Crippen LogP contribution in [0.4, 0.5) is 11.4 Å². The Kier molecular flexibility index (Phi) is 6.60. The maximum absolute atomic E-state index is 12.1. The van der Waals surface area contributed by atoms with Gasteiger partial charge in [0.25, 0.3) is 0 Å². The van der Waals surface area contributed by atoms with Gasteiger partial charge in [-0.25, -0.2) is 0 Å². The maximum atomic E-state index is 12.1. The van der Waals surface area contributed by atoms with E-state index in [2.05, 4.69) is 38.3 Å². The van der Waals surface area contributed by atoms with E-state index in [0.717, 1.165) is 56.1 Å². The molecule has 0 atom stereocenters. The van der Waals surface area contributed by atoms with Crippen LogP contribution in [0.2, 0.25) is 0 Å². The highest BCUT2D eigenvalue weighted by Gasteiger charge is 2.19. The molecular weight excluding hydrogens is 336 g/mol. The summed E-state index contributed by atoms with van der Waals surface area (Å²) in [6.07, 6.45) is 6.40. The molecule has 0 aliphatic carbocycles. The Balaban J connectivity index is 1.56. The molecule has 1 aliphatic heterocycles. The lowest BCUT2D eigenvalue weighted by atomic mass is 10.1. The molecule has 2 heterocycles. The number of hydrogen-bond donors (Lipinski definition) is 1. The predicted octanol–water partition coefficient (Wildman–Crippen LogP) is 3.35. The molecule has 142 valence electrons. The molecule has 1 saturated heterocycles. The standard InChI is InChI=1S/C22H28N4O/c1-18(2)17-22(27)24-20-5-3-4-6-21(20)26-15-13-25(14-16-26)12-9-19-7-10-23-11-8-19/h3-8,10-11,17H,9,12-16H2,1-2H3,(H,24,27). The Morgan fingerprint density at radius 2 is 1.78 bits per heavy atom. The molecule has 3 rings (SSSR count). The van der Waals surface area contributed by atoms with Crippen molar-refractivity contribution in [3.05, 3.63) is 66.0 Å². The molecule has 27 heavy (non-hydrogen) atoms.